The molecule has 0 spiro atoms. The highest BCUT2D eigenvalue weighted by molar-refractivity contribution is 6.23. The summed E-state index contributed by atoms with van der Waals surface area (Å²) in [6.45, 7) is 0.226. The molecule has 6 nitrogen and oxygen atoms in total. The molecule has 3 amide bonds. The molecule has 0 bridgehead atoms. The van der Waals surface area contributed by atoms with Crippen molar-refractivity contribution < 1.29 is 18.8 Å². The Morgan fingerprint density at radius 2 is 1.83 bits per heavy atom. The fourth-order valence-corrected chi connectivity index (χ4v) is 4.33. The summed E-state index contributed by atoms with van der Waals surface area (Å²) in [5.41, 5.74) is 1.13. The third kappa shape index (κ3) is 4.10. The SMILES string of the molecule is O=C1CC(N(Cc2cccnc2)C(=O)C2CCCCC2)C(=O)N1c1ccc(F)cc1. The maximum Gasteiger partial charge on any atom is 0.257 e. The van der Waals surface area contributed by atoms with Gasteiger partial charge < -0.3 is 4.90 Å². The van der Waals surface area contributed by atoms with Gasteiger partial charge in [0, 0.05) is 24.9 Å². The summed E-state index contributed by atoms with van der Waals surface area (Å²) in [5.74, 6) is -1.48. The number of benzene rings is 1. The lowest BCUT2D eigenvalue weighted by molar-refractivity contribution is -0.143. The molecule has 1 atom stereocenters. The Hall–Kier alpha value is -3.09. The molecule has 1 aromatic heterocycles. The minimum absolute atomic E-state index is 0.0745. The number of pyridine rings is 1. The van der Waals surface area contributed by atoms with Crippen molar-refractivity contribution in [2.75, 3.05) is 4.90 Å². The first-order valence-corrected chi connectivity index (χ1v) is 10.4. The van der Waals surface area contributed by atoms with Crippen LogP contribution in [0, 0.1) is 11.7 Å². The smallest absolute Gasteiger partial charge is 0.257 e. The highest BCUT2D eigenvalue weighted by Crippen LogP contribution is 2.31. The Kier molecular flexibility index (Phi) is 5.88. The van der Waals surface area contributed by atoms with Crippen LogP contribution in [0.15, 0.2) is 48.8 Å². The topological polar surface area (TPSA) is 70.6 Å². The molecule has 0 N–H and O–H groups in total. The maximum absolute atomic E-state index is 13.4. The van der Waals surface area contributed by atoms with Gasteiger partial charge in [-0.25, -0.2) is 9.29 Å². The first-order chi connectivity index (χ1) is 14.5. The summed E-state index contributed by atoms with van der Waals surface area (Å²) in [4.78, 5) is 46.0. The lowest BCUT2D eigenvalue weighted by Gasteiger charge is -2.32. The summed E-state index contributed by atoms with van der Waals surface area (Å²) in [7, 11) is 0. The summed E-state index contributed by atoms with van der Waals surface area (Å²) in [5, 5.41) is 0. The molecule has 1 saturated carbocycles. The van der Waals surface area contributed by atoms with Crippen LogP contribution < -0.4 is 4.90 Å². The average molecular weight is 409 g/mol. The molecule has 2 aromatic rings. The second-order valence-electron chi connectivity index (χ2n) is 7.93. The molecule has 2 aliphatic rings. The van der Waals surface area contributed by atoms with Crippen LogP contribution in [0.5, 0.6) is 0 Å². The molecule has 1 unspecified atom stereocenters. The van der Waals surface area contributed by atoms with Crippen LogP contribution in [-0.2, 0) is 20.9 Å². The van der Waals surface area contributed by atoms with Gasteiger partial charge in [0.25, 0.3) is 5.91 Å². The lowest BCUT2D eigenvalue weighted by atomic mass is 9.87. The summed E-state index contributed by atoms with van der Waals surface area (Å²) < 4.78 is 13.3. The van der Waals surface area contributed by atoms with Crippen LogP contribution in [0.25, 0.3) is 0 Å². The quantitative estimate of drug-likeness (QED) is 0.709. The van der Waals surface area contributed by atoms with Gasteiger partial charge in [-0.1, -0.05) is 25.3 Å². The lowest BCUT2D eigenvalue weighted by Crippen LogP contribution is -2.47. The van der Waals surface area contributed by atoms with Crippen molar-refractivity contribution in [3.63, 3.8) is 0 Å². The van der Waals surface area contributed by atoms with Gasteiger partial charge in [0.15, 0.2) is 0 Å². The number of amides is 3. The largest absolute Gasteiger partial charge is 0.325 e. The number of halogens is 1. The zero-order chi connectivity index (χ0) is 21.1. The van der Waals surface area contributed by atoms with Gasteiger partial charge >= 0.3 is 0 Å². The molecule has 4 rings (SSSR count). The third-order valence-electron chi connectivity index (χ3n) is 5.90. The number of hydrogen-bond donors (Lipinski definition) is 0. The van der Waals surface area contributed by atoms with E-state index in [0.717, 1.165) is 42.6 Å². The second-order valence-corrected chi connectivity index (χ2v) is 7.93. The minimum atomic E-state index is -0.864. The van der Waals surface area contributed by atoms with Crippen molar-refractivity contribution in [2.24, 2.45) is 5.92 Å². The molecule has 2 heterocycles. The molecule has 1 saturated heterocycles. The molecule has 30 heavy (non-hydrogen) atoms. The van der Waals surface area contributed by atoms with E-state index in [1.54, 1.807) is 23.4 Å². The van der Waals surface area contributed by atoms with E-state index in [4.69, 9.17) is 0 Å². The number of hydrogen-bond acceptors (Lipinski definition) is 4. The molecular weight excluding hydrogens is 385 g/mol. The van der Waals surface area contributed by atoms with E-state index in [1.807, 2.05) is 6.07 Å². The van der Waals surface area contributed by atoms with Crippen LogP contribution in [0.1, 0.15) is 44.1 Å². The van der Waals surface area contributed by atoms with Crippen LogP contribution in [0.4, 0.5) is 10.1 Å². The standard InChI is InChI=1S/C23H24FN3O3/c24-18-8-10-19(11-9-18)27-21(28)13-20(23(27)30)26(15-16-5-4-12-25-14-16)22(29)17-6-2-1-3-7-17/h4-5,8-12,14,17,20H,1-3,6-7,13,15H2. The zero-order valence-electron chi connectivity index (χ0n) is 16.7. The van der Waals surface area contributed by atoms with Gasteiger partial charge in [0.05, 0.1) is 12.1 Å². The Labute approximate surface area is 174 Å². The number of rotatable bonds is 5. The first-order valence-electron chi connectivity index (χ1n) is 10.4. The van der Waals surface area contributed by atoms with E-state index in [2.05, 4.69) is 4.98 Å². The van der Waals surface area contributed by atoms with Crippen LogP contribution in [0.2, 0.25) is 0 Å². The van der Waals surface area contributed by atoms with Crippen LogP contribution >= 0.6 is 0 Å². The Morgan fingerprint density at radius 3 is 2.50 bits per heavy atom. The Balaban J connectivity index is 1.62. The highest BCUT2D eigenvalue weighted by atomic mass is 19.1. The molecule has 0 radical (unpaired) electrons. The van der Waals surface area contributed by atoms with Gasteiger partial charge in [-0.3, -0.25) is 19.4 Å². The van der Waals surface area contributed by atoms with Crippen molar-refractivity contribution in [1.29, 1.82) is 0 Å². The third-order valence-corrected chi connectivity index (χ3v) is 5.90. The van der Waals surface area contributed by atoms with Crippen molar-refractivity contribution in [3.8, 4) is 0 Å². The molecule has 2 fully saturated rings. The second kappa shape index (κ2) is 8.73. The Bertz CT molecular complexity index is 926. The van der Waals surface area contributed by atoms with Crippen LogP contribution in [-0.4, -0.2) is 33.6 Å². The molecular formula is C23H24FN3O3. The first kappa shape index (κ1) is 20.2. The van der Waals surface area contributed by atoms with E-state index in [1.165, 1.54) is 24.3 Å². The molecule has 1 aliphatic carbocycles. The van der Waals surface area contributed by atoms with E-state index >= 15 is 0 Å². The molecule has 1 aromatic carbocycles. The zero-order valence-corrected chi connectivity index (χ0v) is 16.7. The highest BCUT2D eigenvalue weighted by Gasteiger charge is 2.45. The van der Waals surface area contributed by atoms with Crippen molar-refractivity contribution in [2.45, 2.75) is 51.1 Å². The molecule has 7 heteroatoms. The summed E-state index contributed by atoms with van der Waals surface area (Å²) in [6.07, 6.45) is 7.96. The van der Waals surface area contributed by atoms with Gasteiger partial charge in [-0.15, -0.1) is 0 Å². The number of carbonyl (C=O) groups is 3. The predicted octanol–water partition coefficient (Wildman–Crippen LogP) is 3.46. The predicted molar refractivity (Wildman–Crippen MR) is 109 cm³/mol. The monoisotopic (exact) mass is 409 g/mol. The summed E-state index contributed by atoms with van der Waals surface area (Å²) >= 11 is 0. The van der Waals surface area contributed by atoms with Crippen molar-refractivity contribution in [3.05, 3.63) is 60.2 Å². The van der Waals surface area contributed by atoms with E-state index in [9.17, 15) is 18.8 Å². The normalized spacial score (nSPS) is 19.9. The fraction of sp³-hybridized carbons (Fsp3) is 0.391. The summed E-state index contributed by atoms with van der Waals surface area (Å²) in [6, 6.07) is 8.01. The number of aromatic nitrogens is 1. The van der Waals surface area contributed by atoms with Gasteiger partial charge in [-0.2, -0.15) is 0 Å². The molecule has 1 aliphatic heterocycles. The van der Waals surface area contributed by atoms with Gasteiger partial charge in [0.1, 0.15) is 11.9 Å². The minimum Gasteiger partial charge on any atom is -0.325 e. The number of anilines is 1. The number of nitrogens with zero attached hydrogens (tertiary/aromatic N) is 3. The van der Waals surface area contributed by atoms with Crippen molar-refractivity contribution in [1.82, 2.24) is 9.88 Å². The van der Waals surface area contributed by atoms with E-state index in [0.29, 0.717) is 5.69 Å². The van der Waals surface area contributed by atoms with E-state index < -0.39 is 17.8 Å². The van der Waals surface area contributed by atoms with Crippen LogP contribution in [0.3, 0.4) is 0 Å². The molecule has 156 valence electrons. The van der Waals surface area contributed by atoms with E-state index in [-0.39, 0.29) is 30.7 Å². The fourth-order valence-electron chi connectivity index (χ4n) is 4.33. The van der Waals surface area contributed by atoms with Gasteiger partial charge in [-0.05, 0) is 48.7 Å². The number of carbonyl (C=O) groups excluding carboxylic acids is 3. The van der Waals surface area contributed by atoms with Gasteiger partial charge in [0.2, 0.25) is 11.8 Å². The van der Waals surface area contributed by atoms with Crippen molar-refractivity contribution >= 4 is 23.4 Å². The number of imide groups is 1. The Morgan fingerprint density at radius 1 is 1.10 bits per heavy atom. The maximum atomic E-state index is 13.4. The average Bonchev–Trinajstić information content (AvgIpc) is 3.07.